The molecule has 0 spiro atoms. The number of para-hydroxylation sites is 2. The van der Waals surface area contributed by atoms with Crippen LogP contribution in [0.1, 0.15) is 26.2 Å². The second kappa shape index (κ2) is 9.49. The number of anilines is 1. The molecule has 0 aliphatic carbocycles. The molecule has 1 aromatic rings. The van der Waals surface area contributed by atoms with Crippen molar-refractivity contribution in [3.8, 4) is 0 Å². The molecule has 0 aromatic heterocycles. The van der Waals surface area contributed by atoms with Crippen LogP contribution >= 0.6 is 0 Å². The zero-order chi connectivity index (χ0) is 18.1. The van der Waals surface area contributed by atoms with Crippen molar-refractivity contribution in [1.82, 2.24) is 0 Å². The van der Waals surface area contributed by atoms with Gasteiger partial charge in [0.15, 0.2) is 0 Å². The van der Waals surface area contributed by atoms with Crippen molar-refractivity contribution in [2.45, 2.75) is 32.2 Å². The molecule has 1 fully saturated rings. The van der Waals surface area contributed by atoms with Gasteiger partial charge in [-0.2, -0.15) is 0 Å². The van der Waals surface area contributed by atoms with E-state index in [1.807, 2.05) is 0 Å². The Kier molecular flexibility index (Phi) is 7.67. The number of carbonyl (C=O) groups excluding carboxylic acids is 2. The molecule has 0 amide bonds. The normalized spacial score (nSPS) is 16.5. The minimum atomic E-state index is -0.431. The van der Waals surface area contributed by atoms with Crippen molar-refractivity contribution in [3.05, 3.63) is 34.4 Å². The Labute approximate surface area is 140 Å². The van der Waals surface area contributed by atoms with E-state index in [0.717, 1.165) is 12.8 Å². The van der Waals surface area contributed by atoms with E-state index in [9.17, 15) is 19.7 Å². The van der Waals surface area contributed by atoms with Crippen LogP contribution < -0.4 is 4.90 Å². The summed E-state index contributed by atoms with van der Waals surface area (Å²) in [6.45, 7) is 1.99. The van der Waals surface area contributed by atoms with Crippen LogP contribution in [0.15, 0.2) is 24.3 Å². The van der Waals surface area contributed by atoms with Gasteiger partial charge in [-0.25, -0.2) is 4.79 Å². The van der Waals surface area contributed by atoms with Gasteiger partial charge < -0.3 is 14.4 Å². The molecule has 2 rings (SSSR count). The van der Waals surface area contributed by atoms with Crippen LogP contribution in [0.4, 0.5) is 11.4 Å². The lowest BCUT2D eigenvalue weighted by Crippen LogP contribution is -2.45. The van der Waals surface area contributed by atoms with Gasteiger partial charge in [0, 0.05) is 19.5 Å². The van der Waals surface area contributed by atoms with E-state index < -0.39 is 11.0 Å². The summed E-state index contributed by atoms with van der Waals surface area (Å²) in [6, 6.07) is 6.07. The van der Waals surface area contributed by atoms with Crippen LogP contribution in [0.3, 0.4) is 0 Å². The molecule has 24 heavy (non-hydrogen) atoms. The first-order chi connectivity index (χ1) is 11.4. The van der Waals surface area contributed by atoms with Crippen molar-refractivity contribution in [2.75, 3.05) is 25.7 Å². The fraction of sp³-hybridized carbons (Fsp3) is 0.500. The maximum absolute atomic E-state index is 11.8. The highest BCUT2D eigenvalue weighted by Gasteiger charge is 2.32. The van der Waals surface area contributed by atoms with E-state index in [4.69, 9.17) is 4.74 Å². The molecule has 0 radical (unpaired) electrons. The number of piperidine rings is 1. The first-order valence-electron chi connectivity index (χ1n) is 7.54. The Bertz CT molecular complexity index is 590. The summed E-state index contributed by atoms with van der Waals surface area (Å²) < 4.78 is 8.90. The highest BCUT2D eigenvalue weighted by Crippen LogP contribution is 2.32. The summed E-state index contributed by atoms with van der Waals surface area (Å²) in [5.41, 5.74) is 0.515. The van der Waals surface area contributed by atoms with Crippen molar-refractivity contribution >= 4 is 23.3 Å². The average Bonchev–Trinajstić information content (AvgIpc) is 2.61. The van der Waals surface area contributed by atoms with Gasteiger partial charge >= 0.3 is 11.9 Å². The number of esters is 2. The third kappa shape index (κ3) is 5.22. The lowest BCUT2D eigenvalue weighted by atomic mass is 10.0. The smallest absolute Gasteiger partial charge is 0.328 e. The van der Waals surface area contributed by atoms with E-state index in [1.54, 1.807) is 23.1 Å². The number of methoxy groups -OCH3 is 2. The third-order valence-corrected chi connectivity index (χ3v) is 3.65. The Morgan fingerprint density at radius 3 is 2.38 bits per heavy atom. The largest absolute Gasteiger partial charge is 0.469 e. The van der Waals surface area contributed by atoms with Crippen LogP contribution in [0, 0.1) is 10.1 Å². The van der Waals surface area contributed by atoms with E-state index in [0.29, 0.717) is 18.7 Å². The van der Waals surface area contributed by atoms with Gasteiger partial charge in [-0.3, -0.25) is 14.9 Å². The molecular formula is C16H22N2O6. The molecule has 1 atom stereocenters. The Morgan fingerprint density at radius 2 is 1.83 bits per heavy atom. The van der Waals surface area contributed by atoms with Gasteiger partial charge in [-0.15, -0.1) is 0 Å². The number of hydrogen-bond acceptors (Lipinski definition) is 7. The summed E-state index contributed by atoms with van der Waals surface area (Å²) in [6.07, 6.45) is 2.51. The van der Waals surface area contributed by atoms with E-state index in [2.05, 4.69) is 4.74 Å². The SMILES string of the molecule is COC(=O)C1CCCCN1c1ccccc1[N+](=O)[O-].COC(C)=O. The standard InChI is InChI=1S/C13H16N2O4.C3H6O2/c1-19-13(16)12-8-4-5-9-14(12)10-6-2-3-7-11(10)15(17)18;1-3(4)5-2/h2-3,6-7,12H,4-5,8-9H2,1H3;1-2H3. The molecule has 8 heteroatoms. The fourth-order valence-corrected chi connectivity index (χ4v) is 2.46. The Hall–Kier alpha value is -2.64. The molecule has 1 aromatic carbocycles. The van der Waals surface area contributed by atoms with Gasteiger partial charge in [0.2, 0.25) is 0 Å². The highest BCUT2D eigenvalue weighted by atomic mass is 16.6. The van der Waals surface area contributed by atoms with Gasteiger partial charge in [-0.1, -0.05) is 12.1 Å². The minimum absolute atomic E-state index is 0.0262. The predicted molar refractivity (Wildman–Crippen MR) is 87.8 cm³/mol. The average molecular weight is 338 g/mol. The van der Waals surface area contributed by atoms with Crippen molar-refractivity contribution in [2.24, 2.45) is 0 Å². The first-order valence-corrected chi connectivity index (χ1v) is 7.54. The summed E-state index contributed by atoms with van der Waals surface area (Å²) >= 11 is 0. The molecule has 1 aliphatic rings. The second-order valence-corrected chi connectivity index (χ2v) is 5.17. The number of rotatable bonds is 3. The predicted octanol–water partition coefficient (Wildman–Crippen LogP) is 2.31. The molecular weight excluding hydrogens is 316 g/mol. The van der Waals surface area contributed by atoms with E-state index in [1.165, 1.54) is 27.2 Å². The van der Waals surface area contributed by atoms with Crippen molar-refractivity contribution in [1.29, 1.82) is 0 Å². The molecule has 0 N–H and O–H groups in total. The first kappa shape index (κ1) is 19.4. The van der Waals surface area contributed by atoms with Gasteiger partial charge in [0.25, 0.3) is 5.69 Å². The molecule has 1 unspecified atom stereocenters. The maximum atomic E-state index is 11.8. The summed E-state index contributed by atoms with van der Waals surface area (Å²) in [5, 5.41) is 11.1. The molecule has 1 aliphatic heterocycles. The quantitative estimate of drug-likeness (QED) is 0.473. The number of nitro benzene ring substituents is 1. The number of nitrogens with zero attached hydrogens (tertiary/aromatic N) is 2. The number of benzene rings is 1. The van der Waals surface area contributed by atoms with Crippen LogP contribution in [-0.4, -0.2) is 43.7 Å². The zero-order valence-corrected chi connectivity index (χ0v) is 14.1. The van der Waals surface area contributed by atoms with Crippen molar-refractivity contribution in [3.63, 3.8) is 0 Å². The topological polar surface area (TPSA) is 99.0 Å². The Morgan fingerprint density at radius 1 is 1.21 bits per heavy atom. The highest BCUT2D eigenvalue weighted by molar-refractivity contribution is 5.82. The number of nitro groups is 1. The van der Waals surface area contributed by atoms with Crippen LogP contribution in [0.5, 0.6) is 0 Å². The van der Waals surface area contributed by atoms with E-state index in [-0.39, 0.29) is 17.6 Å². The van der Waals surface area contributed by atoms with E-state index >= 15 is 0 Å². The molecule has 1 saturated heterocycles. The summed E-state index contributed by atoms with van der Waals surface area (Å²) in [5.74, 6) is -0.581. The molecule has 0 saturated carbocycles. The minimum Gasteiger partial charge on any atom is -0.469 e. The van der Waals surface area contributed by atoms with Crippen LogP contribution in [0.2, 0.25) is 0 Å². The van der Waals surface area contributed by atoms with Crippen LogP contribution in [-0.2, 0) is 19.1 Å². The molecule has 0 bridgehead atoms. The number of ether oxygens (including phenoxy) is 2. The molecule has 8 nitrogen and oxygen atoms in total. The lowest BCUT2D eigenvalue weighted by Gasteiger charge is -2.35. The summed E-state index contributed by atoms with van der Waals surface area (Å²) in [7, 11) is 2.69. The van der Waals surface area contributed by atoms with Gasteiger partial charge in [-0.05, 0) is 25.3 Å². The number of carbonyl (C=O) groups is 2. The van der Waals surface area contributed by atoms with Gasteiger partial charge in [0.05, 0.1) is 19.1 Å². The molecule has 1 heterocycles. The maximum Gasteiger partial charge on any atom is 0.328 e. The number of hydrogen-bond donors (Lipinski definition) is 0. The zero-order valence-electron chi connectivity index (χ0n) is 14.1. The van der Waals surface area contributed by atoms with Crippen molar-refractivity contribution < 1.29 is 24.0 Å². The fourth-order valence-electron chi connectivity index (χ4n) is 2.46. The second-order valence-electron chi connectivity index (χ2n) is 5.17. The monoisotopic (exact) mass is 338 g/mol. The Balaban J connectivity index is 0.000000505. The lowest BCUT2D eigenvalue weighted by molar-refractivity contribution is -0.384. The van der Waals surface area contributed by atoms with Gasteiger partial charge in [0.1, 0.15) is 11.7 Å². The third-order valence-electron chi connectivity index (χ3n) is 3.65. The van der Waals surface area contributed by atoms with Crippen LogP contribution in [0.25, 0.3) is 0 Å². The summed E-state index contributed by atoms with van der Waals surface area (Å²) in [4.78, 5) is 33.8. The molecule has 132 valence electrons.